The Labute approximate surface area is 260 Å². The van der Waals surface area contributed by atoms with Gasteiger partial charge in [0.05, 0.1) is 37.1 Å². The maximum absolute atomic E-state index is 14.9. The molecule has 4 heterocycles. The van der Waals surface area contributed by atoms with Crippen molar-refractivity contribution in [1.82, 2.24) is 19.8 Å². The van der Waals surface area contributed by atoms with E-state index in [1.807, 2.05) is 18.2 Å². The number of aliphatic hydroxyl groups excluding tert-OH is 1. The SMILES string of the molecule is C[C@@H](O)C(=O)N1CCC(Oc2ccc(-c3cc(Nc4ccc(N5CCN(C6COC6)CC5)cc4)ncn3)cc2C#N)C(F)(F)C1. The molecule has 0 bridgehead atoms. The number of likely N-dealkylation sites (tertiary alicyclic amines) is 1. The van der Waals surface area contributed by atoms with E-state index in [9.17, 15) is 23.9 Å². The minimum Gasteiger partial charge on any atom is -0.483 e. The third kappa shape index (κ3) is 6.83. The summed E-state index contributed by atoms with van der Waals surface area (Å²) in [7, 11) is 0. The lowest BCUT2D eigenvalue weighted by atomic mass is 10.0. The predicted molar refractivity (Wildman–Crippen MR) is 163 cm³/mol. The molecule has 2 atom stereocenters. The van der Waals surface area contributed by atoms with Crippen LogP contribution in [0, 0.1) is 11.3 Å². The van der Waals surface area contributed by atoms with Crippen LogP contribution in [0.2, 0.25) is 0 Å². The Kier molecular flexibility index (Phi) is 8.80. The quantitative estimate of drug-likeness (QED) is 0.388. The molecular formula is C32H35F2N7O4. The predicted octanol–water partition coefficient (Wildman–Crippen LogP) is 3.28. The minimum atomic E-state index is -3.36. The van der Waals surface area contributed by atoms with E-state index in [1.54, 1.807) is 12.1 Å². The van der Waals surface area contributed by atoms with Gasteiger partial charge in [0.2, 0.25) is 0 Å². The normalized spacial score (nSPS) is 21.0. The van der Waals surface area contributed by atoms with Crippen molar-refractivity contribution in [3.63, 3.8) is 0 Å². The van der Waals surface area contributed by atoms with E-state index < -0.39 is 30.6 Å². The summed E-state index contributed by atoms with van der Waals surface area (Å²) in [5, 5.41) is 22.6. The molecular weight excluding hydrogens is 584 g/mol. The third-order valence-corrected chi connectivity index (χ3v) is 8.49. The number of nitrogens with one attached hydrogen (secondary N) is 1. The number of nitriles is 1. The first-order chi connectivity index (χ1) is 21.7. The highest BCUT2D eigenvalue weighted by molar-refractivity contribution is 5.80. The molecule has 3 fully saturated rings. The fraction of sp³-hybridized carbons (Fsp3) is 0.438. The highest BCUT2D eigenvalue weighted by Gasteiger charge is 2.48. The summed E-state index contributed by atoms with van der Waals surface area (Å²) in [4.78, 5) is 26.5. The number of aromatic nitrogens is 2. The van der Waals surface area contributed by atoms with E-state index in [1.165, 1.54) is 25.4 Å². The molecule has 0 aliphatic carbocycles. The molecule has 13 heteroatoms. The number of anilines is 3. The number of alkyl halides is 2. The van der Waals surface area contributed by atoms with Crippen molar-refractivity contribution in [1.29, 1.82) is 5.26 Å². The summed E-state index contributed by atoms with van der Waals surface area (Å²) < 4.78 is 40.7. The summed E-state index contributed by atoms with van der Waals surface area (Å²) in [6.45, 7) is 6.05. The topological polar surface area (TPSA) is 127 Å². The average Bonchev–Trinajstić information content (AvgIpc) is 3.01. The molecule has 0 radical (unpaired) electrons. The average molecular weight is 620 g/mol. The number of ether oxygens (including phenoxy) is 2. The molecule has 1 unspecified atom stereocenters. The smallest absolute Gasteiger partial charge is 0.301 e. The summed E-state index contributed by atoms with van der Waals surface area (Å²) in [5.74, 6) is -3.54. The standard InChI is InChI=1S/C32H35F2N7O4/c1-21(42)31(43)41-9-8-29(32(33,34)19-41)45-28-7-2-22(14-23(28)16-35)27-15-30(37-20-36-27)38-24-3-5-25(6-4-24)39-10-12-40(13-11-39)26-17-44-18-26/h2-7,14-15,20-21,26,29,42H,8-13,17-19H2,1H3,(H,36,37,38)/t21-,29?/m1/s1. The van der Waals surface area contributed by atoms with Gasteiger partial charge < -0.3 is 29.7 Å². The Bertz CT molecular complexity index is 1550. The number of hydrogen-bond donors (Lipinski definition) is 2. The number of piperazine rings is 1. The van der Waals surface area contributed by atoms with Crippen molar-refractivity contribution in [2.24, 2.45) is 0 Å². The van der Waals surface area contributed by atoms with Crippen LogP contribution in [0.5, 0.6) is 5.75 Å². The molecule has 2 N–H and O–H groups in total. The van der Waals surface area contributed by atoms with E-state index >= 15 is 0 Å². The Morgan fingerprint density at radius 2 is 1.87 bits per heavy atom. The molecule has 236 valence electrons. The van der Waals surface area contributed by atoms with Gasteiger partial charge in [-0.2, -0.15) is 5.26 Å². The van der Waals surface area contributed by atoms with Crippen LogP contribution in [0.15, 0.2) is 54.9 Å². The molecule has 0 spiro atoms. The number of rotatable bonds is 8. The number of halogens is 2. The summed E-state index contributed by atoms with van der Waals surface area (Å²) in [6.07, 6.45) is -1.62. The van der Waals surface area contributed by atoms with E-state index in [2.05, 4.69) is 37.2 Å². The molecule has 6 rings (SSSR count). The first-order valence-corrected chi connectivity index (χ1v) is 15.0. The second-order valence-electron chi connectivity index (χ2n) is 11.6. The van der Waals surface area contributed by atoms with Crippen LogP contribution in [0.1, 0.15) is 18.9 Å². The molecule has 3 aliphatic rings. The lowest BCUT2D eigenvalue weighted by Gasteiger charge is -2.43. The number of nitrogens with zero attached hydrogens (tertiary/aromatic N) is 6. The second-order valence-corrected chi connectivity index (χ2v) is 11.6. The molecule has 1 aromatic heterocycles. The van der Waals surface area contributed by atoms with E-state index in [4.69, 9.17) is 9.47 Å². The number of aliphatic hydroxyl groups is 1. The molecule has 2 aromatic carbocycles. The molecule has 3 aliphatic heterocycles. The molecule has 11 nitrogen and oxygen atoms in total. The lowest BCUT2D eigenvalue weighted by molar-refractivity contribution is -0.165. The van der Waals surface area contributed by atoms with E-state index in [-0.39, 0.29) is 24.3 Å². The van der Waals surface area contributed by atoms with Crippen molar-refractivity contribution in [3.8, 4) is 23.1 Å². The van der Waals surface area contributed by atoms with Crippen LogP contribution >= 0.6 is 0 Å². The van der Waals surface area contributed by atoms with Crippen LogP contribution in [0.3, 0.4) is 0 Å². The maximum Gasteiger partial charge on any atom is 0.301 e. The van der Waals surface area contributed by atoms with E-state index in [0.29, 0.717) is 23.1 Å². The van der Waals surface area contributed by atoms with Gasteiger partial charge in [0.1, 0.15) is 30.1 Å². The molecule has 1 amide bonds. The first kappa shape index (κ1) is 30.6. The number of carbonyl (C=O) groups excluding carboxylic acids is 1. The maximum atomic E-state index is 14.9. The van der Waals surface area contributed by atoms with Gasteiger partial charge >= 0.3 is 5.92 Å². The van der Waals surface area contributed by atoms with Gasteiger partial charge in [-0.25, -0.2) is 18.7 Å². The number of piperidine rings is 1. The number of hydrogen-bond acceptors (Lipinski definition) is 10. The molecule has 3 saturated heterocycles. The zero-order valence-electron chi connectivity index (χ0n) is 24.9. The van der Waals surface area contributed by atoms with Gasteiger partial charge in [-0.05, 0) is 49.4 Å². The molecule has 45 heavy (non-hydrogen) atoms. The molecule has 3 aromatic rings. The van der Waals surface area contributed by atoms with Gasteiger partial charge in [-0.3, -0.25) is 9.69 Å². The Morgan fingerprint density at radius 3 is 2.51 bits per heavy atom. The highest BCUT2D eigenvalue weighted by Crippen LogP contribution is 2.34. The van der Waals surface area contributed by atoms with Gasteiger partial charge in [0, 0.05) is 62.1 Å². The van der Waals surface area contributed by atoms with Gasteiger partial charge in [-0.15, -0.1) is 0 Å². The van der Waals surface area contributed by atoms with Crippen LogP contribution in [0.25, 0.3) is 11.3 Å². The zero-order chi connectivity index (χ0) is 31.6. The number of benzene rings is 2. The van der Waals surface area contributed by atoms with Crippen molar-refractivity contribution < 1.29 is 28.2 Å². The van der Waals surface area contributed by atoms with Crippen molar-refractivity contribution in [2.45, 2.75) is 37.5 Å². The summed E-state index contributed by atoms with van der Waals surface area (Å²) in [5.41, 5.74) is 3.23. The van der Waals surface area contributed by atoms with Gasteiger partial charge in [0.15, 0.2) is 6.10 Å². The van der Waals surface area contributed by atoms with Crippen molar-refractivity contribution in [2.75, 3.05) is 62.7 Å². The molecule has 0 saturated carbocycles. The fourth-order valence-electron chi connectivity index (χ4n) is 5.82. The Hall–Kier alpha value is -4.38. The van der Waals surface area contributed by atoms with E-state index in [0.717, 1.165) is 55.7 Å². The van der Waals surface area contributed by atoms with Crippen LogP contribution in [-0.2, 0) is 9.53 Å². The number of amides is 1. The summed E-state index contributed by atoms with van der Waals surface area (Å²) >= 11 is 0. The van der Waals surface area contributed by atoms with Crippen molar-refractivity contribution in [3.05, 3.63) is 60.4 Å². The highest BCUT2D eigenvalue weighted by atomic mass is 19.3. The monoisotopic (exact) mass is 619 g/mol. The zero-order valence-corrected chi connectivity index (χ0v) is 24.9. The summed E-state index contributed by atoms with van der Waals surface area (Å²) in [6, 6.07) is 17.2. The largest absolute Gasteiger partial charge is 0.483 e. The minimum absolute atomic E-state index is 0.0109. The number of carbonyl (C=O) groups is 1. The van der Waals surface area contributed by atoms with Crippen molar-refractivity contribution >= 4 is 23.1 Å². The Morgan fingerprint density at radius 1 is 1.11 bits per heavy atom. The van der Waals surface area contributed by atoms with Crippen LogP contribution in [0.4, 0.5) is 26.0 Å². The Balaban J connectivity index is 1.09. The fourth-order valence-corrected chi connectivity index (χ4v) is 5.82. The third-order valence-electron chi connectivity index (χ3n) is 8.49. The van der Waals surface area contributed by atoms with Gasteiger partial charge in [0.25, 0.3) is 5.91 Å². The first-order valence-electron chi connectivity index (χ1n) is 15.0. The lowest BCUT2D eigenvalue weighted by Crippen LogP contribution is -2.56. The van der Waals surface area contributed by atoms with Gasteiger partial charge in [-0.1, -0.05) is 0 Å². The van der Waals surface area contributed by atoms with Crippen LogP contribution < -0.4 is 15.0 Å². The van der Waals surface area contributed by atoms with Crippen LogP contribution in [-0.4, -0.2) is 107 Å². The second kappa shape index (κ2) is 12.9.